The first-order chi connectivity index (χ1) is 8.69. The fraction of sp³-hybridized carbons (Fsp3) is 0.571. The highest BCUT2D eigenvalue weighted by Gasteiger charge is 2.12. The normalized spacial score (nSPS) is 12.7. The van der Waals surface area contributed by atoms with Crippen LogP contribution in [0.4, 0.5) is 0 Å². The van der Waals surface area contributed by atoms with Gasteiger partial charge in [-0.15, -0.1) is 0 Å². The molecule has 1 atom stereocenters. The van der Waals surface area contributed by atoms with E-state index in [4.69, 9.17) is 16.3 Å². The molecule has 1 N–H and O–H groups in total. The molecule has 0 aliphatic heterocycles. The zero-order chi connectivity index (χ0) is 13.4. The third-order valence-corrected chi connectivity index (χ3v) is 4.19. The molecule has 0 bridgehead atoms. The number of halogens is 2. The van der Waals surface area contributed by atoms with E-state index in [9.17, 15) is 0 Å². The topological polar surface area (TPSA) is 21.3 Å². The first kappa shape index (κ1) is 16.2. The molecule has 1 aromatic carbocycles. The molecule has 1 unspecified atom stereocenters. The molecule has 0 aliphatic rings. The van der Waals surface area contributed by atoms with E-state index in [0.29, 0.717) is 6.61 Å². The lowest BCUT2D eigenvalue weighted by atomic mass is 10.1. The number of rotatable bonds is 8. The highest BCUT2D eigenvalue weighted by molar-refractivity contribution is 14.1. The summed E-state index contributed by atoms with van der Waals surface area (Å²) in [5.74, 6) is 0. The summed E-state index contributed by atoms with van der Waals surface area (Å²) in [7, 11) is 0. The monoisotopic (exact) mass is 381 g/mol. The largest absolute Gasteiger partial charge is 0.379 e. The molecule has 0 radical (unpaired) electrons. The van der Waals surface area contributed by atoms with Crippen LogP contribution in [0.25, 0.3) is 0 Å². The molecule has 0 saturated heterocycles. The number of hydrogen-bond acceptors (Lipinski definition) is 2. The van der Waals surface area contributed by atoms with Crippen LogP contribution in [0.1, 0.15) is 38.3 Å². The predicted octanol–water partition coefficient (Wildman–Crippen LogP) is 4.41. The highest BCUT2D eigenvalue weighted by atomic mass is 127. The lowest BCUT2D eigenvalue weighted by molar-refractivity contribution is 0.112. The Morgan fingerprint density at radius 3 is 2.72 bits per heavy atom. The Morgan fingerprint density at radius 1 is 1.33 bits per heavy atom. The average molecular weight is 382 g/mol. The Balaban J connectivity index is 2.70. The highest BCUT2D eigenvalue weighted by Crippen LogP contribution is 2.23. The van der Waals surface area contributed by atoms with Crippen LogP contribution in [-0.4, -0.2) is 19.8 Å². The number of ether oxygens (including phenoxy) is 1. The summed E-state index contributed by atoms with van der Waals surface area (Å²) in [4.78, 5) is 0. The van der Waals surface area contributed by atoms with Crippen LogP contribution < -0.4 is 5.32 Å². The van der Waals surface area contributed by atoms with Gasteiger partial charge in [-0.3, -0.25) is 0 Å². The molecule has 4 heteroatoms. The van der Waals surface area contributed by atoms with Crippen molar-refractivity contribution < 1.29 is 4.74 Å². The number of benzene rings is 1. The van der Waals surface area contributed by atoms with E-state index >= 15 is 0 Å². The fourth-order valence-electron chi connectivity index (χ4n) is 1.67. The van der Waals surface area contributed by atoms with Gasteiger partial charge in [0.1, 0.15) is 0 Å². The zero-order valence-electron chi connectivity index (χ0n) is 11.0. The molecular weight excluding hydrogens is 361 g/mol. The first-order valence-corrected chi connectivity index (χ1v) is 7.90. The maximum Gasteiger partial charge on any atom is 0.0661 e. The minimum absolute atomic E-state index is 0.228. The SMILES string of the molecule is CCCNC(COCCC)c1ccc(I)c(Cl)c1. The van der Waals surface area contributed by atoms with Gasteiger partial charge in [0.05, 0.1) is 17.7 Å². The van der Waals surface area contributed by atoms with E-state index in [2.05, 4.69) is 53.9 Å². The maximum atomic E-state index is 6.18. The van der Waals surface area contributed by atoms with E-state index in [1.165, 1.54) is 5.56 Å². The van der Waals surface area contributed by atoms with Gasteiger partial charge in [-0.25, -0.2) is 0 Å². The summed E-state index contributed by atoms with van der Waals surface area (Å²) >= 11 is 8.42. The van der Waals surface area contributed by atoms with Crippen LogP contribution >= 0.6 is 34.2 Å². The van der Waals surface area contributed by atoms with E-state index in [0.717, 1.165) is 34.6 Å². The quantitative estimate of drug-likeness (QED) is 0.532. The summed E-state index contributed by atoms with van der Waals surface area (Å²) in [5.41, 5.74) is 1.20. The van der Waals surface area contributed by atoms with Crippen molar-refractivity contribution in [1.82, 2.24) is 5.32 Å². The Hall–Kier alpha value is 0.160. The molecule has 1 rings (SSSR count). The van der Waals surface area contributed by atoms with Crippen LogP contribution in [-0.2, 0) is 4.74 Å². The van der Waals surface area contributed by atoms with Gasteiger partial charge in [0.15, 0.2) is 0 Å². The molecule has 0 amide bonds. The smallest absolute Gasteiger partial charge is 0.0661 e. The minimum atomic E-state index is 0.228. The predicted molar refractivity (Wildman–Crippen MR) is 86.3 cm³/mol. The Bertz CT molecular complexity index is 360. The summed E-state index contributed by atoms with van der Waals surface area (Å²) in [6, 6.07) is 6.44. The van der Waals surface area contributed by atoms with E-state index in [1.807, 2.05) is 6.07 Å². The molecule has 0 fully saturated rings. The minimum Gasteiger partial charge on any atom is -0.379 e. The molecule has 0 aliphatic carbocycles. The van der Waals surface area contributed by atoms with Crippen LogP contribution in [0.3, 0.4) is 0 Å². The third kappa shape index (κ3) is 5.43. The van der Waals surface area contributed by atoms with Crippen molar-refractivity contribution >= 4 is 34.2 Å². The number of nitrogens with one attached hydrogen (secondary N) is 1. The summed E-state index contributed by atoms with van der Waals surface area (Å²) in [6.45, 7) is 6.78. The molecule has 102 valence electrons. The van der Waals surface area contributed by atoms with Crippen molar-refractivity contribution in [3.63, 3.8) is 0 Å². The first-order valence-electron chi connectivity index (χ1n) is 6.45. The molecule has 18 heavy (non-hydrogen) atoms. The van der Waals surface area contributed by atoms with Crippen molar-refractivity contribution in [3.05, 3.63) is 32.4 Å². The van der Waals surface area contributed by atoms with Gasteiger partial charge in [-0.2, -0.15) is 0 Å². The standard InChI is InChI=1S/C14H21ClINO/c1-3-7-17-14(10-18-8-4-2)11-5-6-13(16)12(15)9-11/h5-6,9,14,17H,3-4,7-8,10H2,1-2H3. The van der Waals surface area contributed by atoms with E-state index in [1.54, 1.807) is 0 Å². The molecule has 1 aromatic rings. The van der Waals surface area contributed by atoms with Gasteiger partial charge < -0.3 is 10.1 Å². The van der Waals surface area contributed by atoms with Crippen molar-refractivity contribution in [2.45, 2.75) is 32.7 Å². The fourth-order valence-corrected chi connectivity index (χ4v) is 2.19. The molecule has 0 spiro atoms. The maximum absolute atomic E-state index is 6.18. The lowest BCUT2D eigenvalue weighted by Crippen LogP contribution is -2.26. The zero-order valence-corrected chi connectivity index (χ0v) is 13.9. The van der Waals surface area contributed by atoms with Crippen LogP contribution in [0.2, 0.25) is 5.02 Å². The summed E-state index contributed by atoms with van der Waals surface area (Å²) in [6.07, 6.45) is 2.16. The van der Waals surface area contributed by atoms with Crippen molar-refractivity contribution in [1.29, 1.82) is 0 Å². The summed E-state index contributed by atoms with van der Waals surface area (Å²) < 4.78 is 6.74. The lowest BCUT2D eigenvalue weighted by Gasteiger charge is -2.19. The van der Waals surface area contributed by atoms with E-state index in [-0.39, 0.29) is 6.04 Å². The molecular formula is C14H21ClINO. The second-order valence-electron chi connectivity index (χ2n) is 4.26. The second-order valence-corrected chi connectivity index (χ2v) is 5.82. The Kier molecular flexibility index (Phi) is 8.22. The van der Waals surface area contributed by atoms with Crippen LogP contribution in [0.5, 0.6) is 0 Å². The molecule has 0 saturated carbocycles. The Labute approximate surface area is 129 Å². The van der Waals surface area contributed by atoms with Crippen LogP contribution in [0.15, 0.2) is 18.2 Å². The summed E-state index contributed by atoms with van der Waals surface area (Å²) in [5, 5.41) is 4.32. The van der Waals surface area contributed by atoms with E-state index < -0.39 is 0 Å². The third-order valence-electron chi connectivity index (χ3n) is 2.62. The van der Waals surface area contributed by atoms with Gasteiger partial charge in [-0.05, 0) is 59.7 Å². The average Bonchev–Trinajstić information content (AvgIpc) is 2.37. The van der Waals surface area contributed by atoms with Gasteiger partial charge >= 0.3 is 0 Å². The van der Waals surface area contributed by atoms with Gasteiger partial charge in [-0.1, -0.05) is 31.5 Å². The molecule has 2 nitrogen and oxygen atoms in total. The van der Waals surface area contributed by atoms with Crippen molar-refractivity contribution in [2.75, 3.05) is 19.8 Å². The second kappa shape index (κ2) is 9.13. The van der Waals surface area contributed by atoms with Crippen molar-refractivity contribution in [2.24, 2.45) is 0 Å². The number of hydrogen-bond donors (Lipinski definition) is 1. The molecule has 0 heterocycles. The van der Waals surface area contributed by atoms with Crippen LogP contribution in [0, 0.1) is 3.57 Å². The molecule has 0 aromatic heterocycles. The Morgan fingerprint density at radius 2 is 2.11 bits per heavy atom. The van der Waals surface area contributed by atoms with Gasteiger partial charge in [0.25, 0.3) is 0 Å². The van der Waals surface area contributed by atoms with Gasteiger partial charge in [0, 0.05) is 10.2 Å². The van der Waals surface area contributed by atoms with Crippen molar-refractivity contribution in [3.8, 4) is 0 Å². The van der Waals surface area contributed by atoms with Gasteiger partial charge in [0.2, 0.25) is 0 Å².